The van der Waals surface area contributed by atoms with Crippen molar-refractivity contribution in [1.82, 2.24) is 0 Å². The molecule has 0 aliphatic heterocycles. The number of fused-ring (bicyclic) bond motifs is 1. The van der Waals surface area contributed by atoms with Gasteiger partial charge in [-0.2, -0.15) is 13.2 Å². The van der Waals surface area contributed by atoms with E-state index in [2.05, 4.69) is 0 Å². The average Bonchev–Trinajstić information content (AvgIpc) is 2.47. The Labute approximate surface area is 124 Å². The maximum atomic E-state index is 12.5. The minimum atomic E-state index is -4.37. The molecule has 0 saturated heterocycles. The van der Waals surface area contributed by atoms with E-state index >= 15 is 0 Å². The van der Waals surface area contributed by atoms with Gasteiger partial charge < -0.3 is 9.84 Å². The second kappa shape index (κ2) is 5.26. The number of phenols is 1. The Morgan fingerprint density at radius 1 is 0.864 bits per heavy atom. The molecule has 22 heavy (non-hydrogen) atoms. The van der Waals surface area contributed by atoms with Crippen LogP contribution in [0.1, 0.15) is 5.56 Å². The third-order valence-electron chi connectivity index (χ3n) is 3.24. The molecule has 0 fully saturated rings. The molecule has 2 nitrogen and oxygen atoms in total. The Morgan fingerprint density at radius 2 is 1.59 bits per heavy atom. The topological polar surface area (TPSA) is 29.5 Å². The van der Waals surface area contributed by atoms with Crippen LogP contribution >= 0.6 is 0 Å². The maximum absolute atomic E-state index is 12.5. The highest BCUT2D eigenvalue weighted by Crippen LogP contribution is 2.34. The lowest BCUT2D eigenvalue weighted by Gasteiger charge is -2.11. The van der Waals surface area contributed by atoms with Crippen LogP contribution in [-0.2, 0) is 6.18 Å². The van der Waals surface area contributed by atoms with Crippen molar-refractivity contribution in [3.8, 4) is 17.2 Å². The van der Waals surface area contributed by atoms with Gasteiger partial charge in [0.05, 0.1) is 5.56 Å². The summed E-state index contributed by atoms with van der Waals surface area (Å²) in [5, 5.41) is 11.1. The zero-order chi connectivity index (χ0) is 15.7. The number of alkyl halides is 3. The predicted molar refractivity (Wildman–Crippen MR) is 77.1 cm³/mol. The van der Waals surface area contributed by atoms with E-state index in [4.69, 9.17) is 4.74 Å². The lowest BCUT2D eigenvalue weighted by Crippen LogP contribution is -2.03. The molecule has 3 aromatic rings. The van der Waals surface area contributed by atoms with Gasteiger partial charge in [-0.1, -0.05) is 18.2 Å². The van der Waals surface area contributed by atoms with Crippen molar-refractivity contribution in [1.29, 1.82) is 0 Å². The number of aromatic hydroxyl groups is 1. The predicted octanol–water partition coefficient (Wildman–Crippen LogP) is 5.36. The molecule has 112 valence electrons. The van der Waals surface area contributed by atoms with Crippen LogP contribution in [0.3, 0.4) is 0 Å². The van der Waals surface area contributed by atoms with Crippen LogP contribution < -0.4 is 4.74 Å². The van der Waals surface area contributed by atoms with E-state index in [1.165, 1.54) is 12.1 Å². The third kappa shape index (κ3) is 2.83. The lowest BCUT2D eigenvalue weighted by molar-refractivity contribution is -0.137. The van der Waals surface area contributed by atoms with Crippen LogP contribution in [0.25, 0.3) is 10.8 Å². The van der Waals surface area contributed by atoms with E-state index < -0.39 is 11.7 Å². The van der Waals surface area contributed by atoms with Gasteiger partial charge in [-0.25, -0.2) is 0 Å². The molecule has 0 amide bonds. The van der Waals surface area contributed by atoms with Crippen LogP contribution in [0.15, 0.2) is 60.7 Å². The molecule has 0 saturated carbocycles. The molecule has 0 radical (unpaired) electrons. The van der Waals surface area contributed by atoms with Crippen LogP contribution in [0.2, 0.25) is 0 Å². The molecule has 0 spiro atoms. The fraction of sp³-hybridized carbons (Fsp3) is 0.0588. The molecule has 0 atom stereocenters. The molecule has 0 aromatic heterocycles. The normalized spacial score (nSPS) is 11.6. The number of benzene rings is 3. The van der Waals surface area contributed by atoms with Gasteiger partial charge in [-0.3, -0.25) is 0 Å². The fourth-order valence-corrected chi connectivity index (χ4v) is 2.16. The van der Waals surface area contributed by atoms with Gasteiger partial charge in [0.2, 0.25) is 0 Å². The van der Waals surface area contributed by atoms with Crippen LogP contribution in [0.5, 0.6) is 17.2 Å². The zero-order valence-electron chi connectivity index (χ0n) is 11.3. The van der Waals surface area contributed by atoms with E-state index in [1.54, 1.807) is 30.3 Å². The summed E-state index contributed by atoms with van der Waals surface area (Å²) in [6.07, 6.45) is -4.37. The molecule has 0 heterocycles. The average molecular weight is 304 g/mol. The van der Waals surface area contributed by atoms with Crippen molar-refractivity contribution in [2.24, 2.45) is 0 Å². The van der Waals surface area contributed by atoms with Gasteiger partial charge in [-0.15, -0.1) is 0 Å². The number of phenolic OH excluding ortho intramolecular Hbond substituents is 1. The molecule has 1 N–H and O–H groups in total. The molecule has 0 unspecified atom stereocenters. The molecular formula is C17H11F3O2. The summed E-state index contributed by atoms with van der Waals surface area (Å²) in [6.45, 7) is 0. The quantitative estimate of drug-likeness (QED) is 0.691. The number of rotatable bonds is 2. The van der Waals surface area contributed by atoms with Crippen molar-refractivity contribution in [3.63, 3.8) is 0 Å². The second-order valence-corrected chi connectivity index (χ2v) is 4.79. The Balaban J connectivity index is 1.95. The largest absolute Gasteiger partial charge is 0.508 e. The van der Waals surface area contributed by atoms with Crippen LogP contribution in [0.4, 0.5) is 13.2 Å². The molecule has 0 bridgehead atoms. The molecule has 0 aliphatic carbocycles. The summed E-state index contributed by atoms with van der Waals surface area (Å²) >= 11 is 0. The molecule has 5 heteroatoms. The zero-order valence-corrected chi connectivity index (χ0v) is 11.3. The molecule has 3 rings (SSSR count). The third-order valence-corrected chi connectivity index (χ3v) is 3.24. The SMILES string of the molecule is Oc1ccc2cccc(Oc3ccc(C(F)(F)F)cc3)c2c1. The smallest absolute Gasteiger partial charge is 0.416 e. The first kappa shape index (κ1) is 14.3. The number of ether oxygens (including phenoxy) is 1. The second-order valence-electron chi connectivity index (χ2n) is 4.79. The van der Waals surface area contributed by atoms with Gasteiger partial charge in [0.1, 0.15) is 17.2 Å². The minimum Gasteiger partial charge on any atom is -0.508 e. The molecule has 0 aliphatic rings. The summed E-state index contributed by atoms with van der Waals surface area (Å²) in [5.41, 5.74) is -0.726. The van der Waals surface area contributed by atoms with E-state index in [9.17, 15) is 18.3 Å². The van der Waals surface area contributed by atoms with Crippen molar-refractivity contribution in [3.05, 3.63) is 66.2 Å². The van der Waals surface area contributed by atoms with Crippen LogP contribution in [-0.4, -0.2) is 5.11 Å². The first-order chi connectivity index (χ1) is 10.4. The molecule has 3 aromatic carbocycles. The first-order valence-electron chi connectivity index (χ1n) is 6.50. The Hall–Kier alpha value is -2.69. The van der Waals surface area contributed by atoms with Gasteiger partial charge in [-0.05, 0) is 47.9 Å². The Morgan fingerprint density at radius 3 is 2.27 bits per heavy atom. The number of hydrogen-bond donors (Lipinski definition) is 1. The lowest BCUT2D eigenvalue weighted by atomic mass is 10.1. The van der Waals surface area contributed by atoms with E-state index in [0.29, 0.717) is 16.9 Å². The summed E-state index contributed by atoms with van der Waals surface area (Å²) in [5.74, 6) is 0.855. The maximum Gasteiger partial charge on any atom is 0.416 e. The van der Waals surface area contributed by atoms with Crippen molar-refractivity contribution in [2.45, 2.75) is 6.18 Å². The highest BCUT2D eigenvalue weighted by atomic mass is 19.4. The summed E-state index contributed by atoms with van der Waals surface area (Å²) in [7, 11) is 0. The summed E-state index contributed by atoms with van der Waals surface area (Å²) in [6, 6.07) is 14.7. The Kier molecular flexibility index (Phi) is 3.41. The van der Waals surface area contributed by atoms with Gasteiger partial charge in [0, 0.05) is 5.39 Å². The van der Waals surface area contributed by atoms with Crippen molar-refractivity contribution >= 4 is 10.8 Å². The number of hydrogen-bond acceptors (Lipinski definition) is 2. The van der Waals surface area contributed by atoms with Gasteiger partial charge >= 0.3 is 6.18 Å². The standard InChI is InChI=1S/C17H11F3O2/c18-17(19,20)12-5-8-14(9-6-12)22-16-3-1-2-11-4-7-13(21)10-15(11)16/h1-10,21H. The van der Waals surface area contributed by atoms with E-state index in [1.807, 2.05) is 6.07 Å². The first-order valence-corrected chi connectivity index (χ1v) is 6.50. The fourth-order valence-electron chi connectivity index (χ4n) is 2.16. The van der Waals surface area contributed by atoms with Crippen LogP contribution in [0, 0.1) is 0 Å². The monoisotopic (exact) mass is 304 g/mol. The summed E-state index contributed by atoms with van der Waals surface area (Å²) < 4.78 is 43.2. The van der Waals surface area contributed by atoms with E-state index in [0.717, 1.165) is 17.5 Å². The van der Waals surface area contributed by atoms with Crippen molar-refractivity contribution < 1.29 is 23.0 Å². The van der Waals surface area contributed by atoms with Gasteiger partial charge in [0.25, 0.3) is 0 Å². The minimum absolute atomic E-state index is 0.0935. The van der Waals surface area contributed by atoms with Gasteiger partial charge in [0.15, 0.2) is 0 Å². The van der Waals surface area contributed by atoms with E-state index in [-0.39, 0.29) is 5.75 Å². The number of halogens is 3. The highest BCUT2D eigenvalue weighted by molar-refractivity contribution is 5.89. The molecular weight excluding hydrogens is 293 g/mol. The summed E-state index contributed by atoms with van der Waals surface area (Å²) in [4.78, 5) is 0. The highest BCUT2D eigenvalue weighted by Gasteiger charge is 2.30. The Bertz CT molecular complexity index is 808. The van der Waals surface area contributed by atoms with Crippen molar-refractivity contribution in [2.75, 3.05) is 0 Å².